The summed E-state index contributed by atoms with van der Waals surface area (Å²) in [4.78, 5) is 11.9. The average molecular weight is 250 g/mol. The van der Waals surface area contributed by atoms with E-state index in [0.717, 1.165) is 12.3 Å². The Morgan fingerprint density at radius 3 is 2.67 bits per heavy atom. The molecule has 2 saturated carbocycles. The van der Waals surface area contributed by atoms with E-state index in [4.69, 9.17) is 0 Å². The van der Waals surface area contributed by atoms with Crippen LogP contribution in [-0.2, 0) is 4.79 Å². The normalized spacial score (nSPS) is 36.6. The Kier molecular flexibility index (Phi) is 3.54. The minimum absolute atomic E-state index is 0.117. The maximum atomic E-state index is 11.9. The van der Waals surface area contributed by atoms with Crippen LogP contribution in [0, 0.1) is 16.7 Å². The van der Waals surface area contributed by atoms with Gasteiger partial charge in [0.1, 0.15) is 0 Å². The highest BCUT2D eigenvalue weighted by Crippen LogP contribution is 2.65. The number of hydrogen-bond acceptors (Lipinski definition) is 2. The SMILES string of the molecule is C=CCNCC(=O)NC1CC2CCC1(C)C2(C)C. The van der Waals surface area contributed by atoms with Gasteiger partial charge in [0.15, 0.2) is 0 Å². The molecule has 0 aromatic heterocycles. The molecule has 0 aromatic rings. The van der Waals surface area contributed by atoms with Crippen molar-refractivity contribution >= 4 is 5.91 Å². The van der Waals surface area contributed by atoms with E-state index in [0.29, 0.717) is 24.5 Å². The Labute approximate surface area is 110 Å². The molecule has 2 N–H and O–H groups in total. The summed E-state index contributed by atoms with van der Waals surface area (Å²) < 4.78 is 0. The lowest BCUT2D eigenvalue weighted by molar-refractivity contribution is -0.121. The van der Waals surface area contributed by atoms with Crippen LogP contribution in [-0.4, -0.2) is 25.0 Å². The van der Waals surface area contributed by atoms with Crippen molar-refractivity contribution in [2.75, 3.05) is 13.1 Å². The first kappa shape index (κ1) is 13.6. The molecule has 0 spiro atoms. The second-order valence-electron chi connectivity index (χ2n) is 6.65. The number of rotatable bonds is 5. The molecular weight excluding hydrogens is 224 g/mol. The minimum atomic E-state index is 0.117. The van der Waals surface area contributed by atoms with Gasteiger partial charge >= 0.3 is 0 Å². The van der Waals surface area contributed by atoms with E-state index in [1.165, 1.54) is 12.8 Å². The van der Waals surface area contributed by atoms with Crippen molar-refractivity contribution in [3.8, 4) is 0 Å². The summed E-state index contributed by atoms with van der Waals surface area (Å²) in [6, 6.07) is 0.351. The average Bonchev–Trinajstić information content (AvgIpc) is 2.62. The summed E-state index contributed by atoms with van der Waals surface area (Å²) >= 11 is 0. The molecule has 0 aromatic carbocycles. The molecule has 2 aliphatic carbocycles. The molecule has 3 nitrogen and oxygen atoms in total. The predicted octanol–water partition coefficient (Wildman–Crippen LogP) is 2.09. The molecule has 102 valence electrons. The number of amides is 1. The molecule has 2 rings (SSSR count). The Balaban J connectivity index is 1.92. The van der Waals surface area contributed by atoms with Crippen LogP contribution in [0.25, 0.3) is 0 Å². The number of carbonyl (C=O) groups excluding carboxylic acids is 1. The van der Waals surface area contributed by atoms with E-state index in [1.807, 2.05) is 0 Å². The van der Waals surface area contributed by atoms with Gasteiger partial charge in [-0.25, -0.2) is 0 Å². The van der Waals surface area contributed by atoms with Crippen molar-refractivity contribution in [1.82, 2.24) is 10.6 Å². The monoisotopic (exact) mass is 250 g/mol. The molecule has 0 saturated heterocycles. The number of hydrogen-bond donors (Lipinski definition) is 2. The van der Waals surface area contributed by atoms with E-state index in [2.05, 4.69) is 38.0 Å². The summed E-state index contributed by atoms with van der Waals surface area (Å²) in [5.74, 6) is 0.889. The third-order valence-corrected chi connectivity index (χ3v) is 5.70. The topological polar surface area (TPSA) is 41.1 Å². The van der Waals surface area contributed by atoms with Gasteiger partial charge in [-0.15, -0.1) is 6.58 Å². The lowest BCUT2D eigenvalue weighted by Crippen LogP contribution is -2.49. The van der Waals surface area contributed by atoms with Gasteiger partial charge in [0.2, 0.25) is 5.91 Å². The molecule has 2 bridgehead atoms. The minimum Gasteiger partial charge on any atom is -0.352 e. The fraction of sp³-hybridized carbons (Fsp3) is 0.800. The zero-order valence-corrected chi connectivity index (χ0v) is 11.9. The van der Waals surface area contributed by atoms with Crippen LogP contribution in [0.3, 0.4) is 0 Å². The van der Waals surface area contributed by atoms with Gasteiger partial charge in [-0.05, 0) is 36.0 Å². The maximum Gasteiger partial charge on any atom is 0.234 e. The first-order valence-corrected chi connectivity index (χ1v) is 7.03. The van der Waals surface area contributed by atoms with Crippen LogP contribution in [0.2, 0.25) is 0 Å². The summed E-state index contributed by atoms with van der Waals surface area (Å²) in [5.41, 5.74) is 0.630. The van der Waals surface area contributed by atoms with Crippen molar-refractivity contribution in [3.05, 3.63) is 12.7 Å². The van der Waals surface area contributed by atoms with Crippen LogP contribution >= 0.6 is 0 Å². The van der Waals surface area contributed by atoms with Crippen molar-refractivity contribution in [2.45, 2.75) is 46.1 Å². The molecule has 0 aliphatic heterocycles. The predicted molar refractivity (Wildman–Crippen MR) is 74.2 cm³/mol. The third kappa shape index (κ3) is 1.99. The Hall–Kier alpha value is -0.830. The smallest absolute Gasteiger partial charge is 0.234 e. The first-order chi connectivity index (χ1) is 8.41. The molecule has 1 amide bonds. The van der Waals surface area contributed by atoms with E-state index in [9.17, 15) is 4.79 Å². The van der Waals surface area contributed by atoms with Gasteiger partial charge in [-0.3, -0.25) is 4.79 Å². The molecule has 0 heterocycles. The van der Waals surface area contributed by atoms with Crippen LogP contribution in [0.1, 0.15) is 40.0 Å². The summed E-state index contributed by atoms with van der Waals surface area (Å²) in [5, 5.41) is 6.29. The van der Waals surface area contributed by atoms with Crippen molar-refractivity contribution in [1.29, 1.82) is 0 Å². The molecule has 3 atom stereocenters. The van der Waals surface area contributed by atoms with E-state index >= 15 is 0 Å². The molecule has 3 unspecified atom stereocenters. The number of carbonyl (C=O) groups is 1. The lowest BCUT2D eigenvalue weighted by Gasteiger charge is -2.39. The molecule has 2 fully saturated rings. The van der Waals surface area contributed by atoms with Crippen LogP contribution in [0.5, 0.6) is 0 Å². The summed E-state index contributed by atoms with van der Waals surface area (Å²) in [6.07, 6.45) is 5.49. The highest BCUT2D eigenvalue weighted by atomic mass is 16.2. The van der Waals surface area contributed by atoms with Gasteiger partial charge < -0.3 is 10.6 Å². The largest absolute Gasteiger partial charge is 0.352 e. The fourth-order valence-corrected chi connectivity index (χ4v) is 3.96. The zero-order chi connectivity index (χ0) is 13.4. The highest BCUT2D eigenvalue weighted by molar-refractivity contribution is 5.78. The molecule has 0 radical (unpaired) electrons. The zero-order valence-electron chi connectivity index (χ0n) is 11.9. The molecule has 2 aliphatic rings. The van der Waals surface area contributed by atoms with E-state index in [-0.39, 0.29) is 11.3 Å². The van der Waals surface area contributed by atoms with Crippen molar-refractivity contribution < 1.29 is 4.79 Å². The Morgan fingerprint density at radius 1 is 1.44 bits per heavy atom. The third-order valence-electron chi connectivity index (χ3n) is 5.70. The fourth-order valence-electron chi connectivity index (χ4n) is 3.96. The van der Waals surface area contributed by atoms with Gasteiger partial charge in [0, 0.05) is 12.6 Å². The highest BCUT2D eigenvalue weighted by Gasteiger charge is 2.61. The Morgan fingerprint density at radius 2 is 2.17 bits per heavy atom. The van der Waals surface area contributed by atoms with E-state index < -0.39 is 0 Å². The Bertz CT molecular complexity index is 350. The molecule has 18 heavy (non-hydrogen) atoms. The maximum absolute atomic E-state index is 11.9. The standard InChI is InChI=1S/C15H26N2O/c1-5-8-16-10-13(18)17-12-9-11-6-7-15(12,4)14(11,2)3/h5,11-12,16H,1,6-10H2,2-4H3,(H,17,18). The van der Waals surface area contributed by atoms with Crippen LogP contribution < -0.4 is 10.6 Å². The first-order valence-electron chi connectivity index (χ1n) is 7.03. The summed E-state index contributed by atoms with van der Waals surface area (Å²) in [7, 11) is 0. The van der Waals surface area contributed by atoms with Crippen LogP contribution in [0.15, 0.2) is 12.7 Å². The van der Waals surface area contributed by atoms with Gasteiger partial charge in [0.05, 0.1) is 6.54 Å². The quantitative estimate of drug-likeness (QED) is 0.579. The second kappa shape index (κ2) is 4.69. The molecule has 3 heteroatoms. The van der Waals surface area contributed by atoms with Crippen LogP contribution in [0.4, 0.5) is 0 Å². The summed E-state index contributed by atoms with van der Waals surface area (Å²) in [6.45, 7) is 11.8. The van der Waals surface area contributed by atoms with Crippen molar-refractivity contribution in [3.63, 3.8) is 0 Å². The van der Waals surface area contributed by atoms with E-state index in [1.54, 1.807) is 6.08 Å². The van der Waals surface area contributed by atoms with Gasteiger partial charge in [-0.1, -0.05) is 26.8 Å². The lowest BCUT2D eigenvalue weighted by atomic mass is 9.69. The second-order valence-corrected chi connectivity index (χ2v) is 6.65. The number of nitrogens with one attached hydrogen (secondary N) is 2. The number of fused-ring (bicyclic) bond motifs is 2. The van der Waals surface area contributed by atoms with Crippen molar-refractivity contribution in [2.24, 2.45) is 16.7 Å². The van der Waals surface area contributed by atoms with Gasteiger partial charge in [-0.2, -0.15) is 0 Å². The molecular formula is C15H26N2O. The van der Waals surface area contributed by atoms with Gasteiger partial charge in [0.25, 0.3) is 0 Å².